The van der Waals surface area contributed by atoms with Gasteiger partial charge >= 0.3 is 12.2 Å². The number of benzene rings is 2. The van der Waals surface area contributed by atoms with Crippen LogP contribution in [0.3, 0.4) is 0 Å². The maximum Gasteiger partial charge on any atom is 0.416 e. The van der Waals surface area contributed by atoms with E-state index in [2.05, 4.69) is 32.6 Å². The lowest BCUT2D eigenvalue weighted by molar-refractivity contribution is -0.137. The number of anilines is 2. The lowest BCUT2D eigenvalue weighted by Crippen LogP contribution is -2.48. The van der Waals surface area contributed by atoms with Gasteiger partial charge in [-0.25, -0.2) is 4.79 Å². The number of carbonyl (C=O) groups excluding carboxylic acids is 1. The molecule has 1 saturated heterocycles. The number of amides is 2. The van der Waals surface area contributed by atoms with Crippen molar-refractivity contribution in [2.75, 3.05) is 49.5 Å². The summed E-state index contributed by atoms with van der Waals surface area (Å²) in [5.74, 6) is 0. The number of nitrogens with zero attached hydrogens (tertiary/aromatic N) is 2. The second-order valence-corrected chi connectivity index (χ2v) is 6.62. The van der Waals surface area contributed by atoms with Crippen LogP contribution in [-0.4, -0.2) is 50.2 Å². The molecule has 150 valence electrons. The molecular weight excluding hydrogens is 369 g/mol. The average Bonchev–Trinajstić information content (AvgIpc) is 2.69. The van der Waals surface area contributed by atoms with E-state index in [9.17, 15) is 18.0 Å². The molecule has 1 heterocycles. The number of rotatable bonds is 5. The molecule has 2 N–H and O–H groups in total. The smallest absolute Gasteiger partial charge is 0.369 e. The number of hydrogen-bond donors (Lipinski definition) is 2. The van der Waals surface area contributed by atoms with Crippen LogP contribution in [0.1, 0.15) is 5.56 Å². The number of hydrogen-bond acceptors (Lipinski definition) is 3. The molecule has 0 unspecified atom stereocenters. The van der Waals surface area contributed by atoms with Gasteiger partial charge < -0.3 is 15.5 Å². The second kappa shape index (κ2) is 8.97. The molecule has 0 aromatic heterocycles. The average molecular weight is 392 g/mol. The third kappa shape index (κ3) is 5.63. The van der Waals surface area contributed by atoms with E-state index in [0.29, 0.717) is 12.2 Å². The van der Waals surface area contributed by atoms with Crippen molar-refractivity contribution in [3.05, 3.63) is 60.2 Å². The van der Waals surface area contributed by atoms with Crippen LogP contribution in [0.5, 0.6) is 0 Å². The fraction of sp³-hybridized carbons (Fsp3) is 0.350. The van der Waals surface area contributed by atoms with Crippen molar-refractivity contribution in [2.45, 2.75) is 6.18 Å². The Kier molecular flexibility index (Phi) is 6.41. The van der Waals surface area contributed by atoms with Crippen LogP contribution in [0.25, 0.3) is 0 Å². The molecule has 3 rings (SSSR count). The third-order valence-electron chi connectivity index (χ3n) is 4.68. The maximum absolute atomic E-state index is 12.5. The highest BCUT2D eigenvalue weighted by atomic mass is 19.4. The third-order valence-corrected chi connectivity index (χ3v) is 4.68. The highest BCUT2D eigenvalue weighted by molar-refractivity contribution is 5.89. The zero-order chi connectivity index (χ0) is 20.0. The van der Waals surface area contributed by atoms with Crippen LogP contribution in [-0.2, 0) is 6.18 Å². The molecule has 1 aliphatic rings. The van der Waals surface area contributed by atoms with Crippen molar-refractivity contribution in [1.82, 2.24) is 10.2 Å². The minimum absolute atomic E-state index is 0.321. The summed E-state index contributed by atoms with van der Waals surface area (Å²) in [6.07, 6.45) is -4.38. The van der Waals surface area contributed by atoms with E-state index < -0.39 is 17.8 Å². The van der Waals surface area contributed by atoms with Gasteiger partial charge in [0.05, 0.1) is 5.56 Å². The minimum Gasteiger partial charge on any atom is -0.369 e. The van der Waals surface area contributed by atoms with Crippen LogP contribution in [0, 0.1) is 0 Å². The summed E-state index contributed by atoms with van der Waals surface area (Å²) in [7, 11) is 0. The van der Waals surface area contributed by atoms with Crippen LogP contribution in [0.4, 0.5) is 29.3 Å². The van der Waals surface area contributed by atoms with E-state index in [0.717, 1.165) is 44.9 Å². The number of alkyl halides is 3. The predicted octanol–water partition coefficient (Wildman–Crippen LogP) is 3.65. The van der Waals surface area contributed by atoms with Gasteiger partial charge in [0.25, 0.3) is 0 Å². The SMILES string of the molecule is O=C(NCCN1CCN(c2ccccc2)CC1)Nc1ccc(C(F)(F)F)cc1. The fourth-order valence-corrected chi connectivity index (χ4v) is 3.11. The van der Waals surface area contributed by atoms with E-state index in [1.165, 1.54) is 17.8 Å². The molecule has 2 aromatic rings. The van der Waals surface area contributed by atoms with Gasteiger partial charge in [-0.2, -0.15) is 13.2 Å². The molecule has 2 amide bonds. The number of halogens is 3. The van der Waals surface area contributed by atoms with Gasteiger partial charge in [-0.1, -0.05) is 18.2 Å². The van der Waals surface area contributed by atoms with Gasteiger partial charge in [-0.05, 0) is 36.4 Å². The summed E-state index contributed by atoms with van der Waals surface area (Å²) in [4.78, 5) is 16.5. The number of nitrogens with one attached hydrogen (secondary N) is 2. The standard InChI is InChI=1S/C20H23F3N4O/c21-20(22,23)16-6-8-17(9-7-16)25-19(28)24-10-11-26-12-14-27(15-13-26)18-4-2-1-3-5-18/h1-9H,10-15H2,(H2,24,25,28). The number of urea groups is 1. The van der Waals surface area contributed by atoms with Crippen LogP contribution < -0.4 is 15.5 Å². The molecule has 0 spiro atoms. The molecule has 0 bridgehead atoms. The number of carbonyl (C=O) groups is 1. The monoisotopic (exact) mass is 392 g/mol. The van der Waals surface area contributed by atoms with E-state index in [1.54, 1.807) is 0 Å². The lowest BCUT2D eigenvalue weighted by atomic mass is 10.2. The maximum atomic E-state index is 12.5. The van der Waals surface area contributed by atoms with Crippen LogP contribution >= 0.6 is 0 Å². The van der Waals surface area contributed by atoms with Gasteiger partial charge in [0.1, 0.15) is 0 Å². The predicted molar refractivity (Wildman–Crippen MR) is 104 cm³/mol. The van der Waals surface area contributed by atoms with Crippen LogP contribution in [0.2, 0.25) is 0 Å². The highest BCUT2D eigenvalue weighted by Gasteiger charge is 2.30. The zero-order valence-corrected chi connectivity index (χ0v) is 15.4. The summed E-state index contributed by atoms with van der Waals surface area (Å²) in [6.45, 7) is 4.89. The van der Waals surface area contributed by atoms with Crippen LogP contribution in [0.15, 0.2) is 54.6 Å². The topological polar surface area (TPSA) is 47.6 Å². The normalized spacial score (nSPS) is 15.3. The molecular formula is C20H23F3N4O. The quantitative estimate of drug-likeness (QED) is 0.817. The lowest BCUT2D eigenvalue weighted by Gasteiger charge is -2.36. The Morgan fingerprint density at radius 1 is 0.929 bits per heavy atom. The van der Waals surface area contributed by atoms with Crippen molar-refractivity contribution in [3.63, 3.8) is 0 Å². The summed E-state index contributed by atoms with van der Waals surface area (Å²) >= 11 is 0. The van der Waals surface area contributed by atoms with Crippen molar-refractivity contribution in [1.29, 1.82) is 0 Å². The minimum atomic E-state index is -4.38. The first-order valence-corrected chi connectivity index (χ1v) is 9.16. The Bertz CT molecular complexity index is 757. The molecule has 8 heteroatoms. The molecule has 1 aliphatic heterocycles. The van der Waals surface area contributed by atoms with Gasteiger partial charge in [0.2, 0.25) is 0 Å². The molecule has 5 nitrogen and oxygen atoms in total. The first-order chi connectivity index (χ1) is 13.4. The van der Waals surface area contributed by atoms with Gasteiger partial charge in [0.15, 0.2) is 0 Å². The number of para-hydroxylation sites is 1. The van der Waals surface area contributed by atoms with E-state index in [1.807, 2.05) is 18.2 Å². The Hall–Kier alpha value is -2.74. The number of piperazine rings is 1. The molecule has 0 atom stereocenters. The first-order valence-electron chi connectivity index (χ1n) is 9.16. The van der Waals surface area contributed by atoms with Gasteiger partial charge in [-0.15, -0.1) is 0 Å². The van der Waals surface area contributed by atoms with Crippen molar-refractivity contribution < 1.29 is 18.0 Å². The van der Waals surface area contributed by atoms with Gasteiger partial charge in [0, 0.05) is 50.6 Å². The van der Waals surface area contributed by atoms with Crippen molar-refractivity contribution in [3.8, 4) is 0 Å². The van der Waals surface area contributed by atoms with Crippen molar-refractivity contribution in [2.24, 2.45) is 0 Å². The molecule has 1 fully saturated rings. The molecule has 0 saturated carbocycles. The molecule has 0 aliphatic carbocycles. The summed E-state index contributed by atoms with van der Waals surface area (Å²) in [5, 5.41) is 5.28. The molecule has 2 aromatic carbocycles. The second-order valence-electron chi connectivity index (χ2n) is 6.62. The Balaban J connectivity index is 1.36. The molecule has 28 heavy (non-hydrogen) atoms. The van der Waals surface area contributed by atoms with Crippen molar-refractivity contribution >= 4 is 17.4 Å². The highest BCUT2D eigenvalue weighted by Crippen LogP contribution is 2.29. The largest absolute Gasteiger partial charge is 0.416 e. The fourth-order valence-electron chi connectivity index (χ4n) is 3.11. The van der Waals surface area contributed by atoms with E-state index >= 15 is 0 Å². The first kappa shape index (κ1) is 20.0. The Morgan fingerprint density at radius 2 is 1.57 bits per heavy atom. The zero-order valence-electron chi connectivity index (χ0n) is 15.4. The Morgan fingerprint density at radius 3 is 2.18 bits per heavy atom. The van der Waals surface area contributed by atoms with E-state index in [-0.39, 0.29) is 0 Å². The summed E-state index contributed by atoms with van der Waals surface area (Å²) in [5.41, 5.74) is 0.797. The molecule has 0 radical (unpaired) electrons. The summed E-state index contributed by atoms with van der Waals surface area (Å²) < 4.78 is 37.6. The van der Waals surface area contributed by atoms with Gasteiger partial charge in [-0.3, -0.25) is 4.90 Å². The Labute approximate surface area is 162 Å². The summed E-state index contributed by atoms with van der Waals surface area (Å²) in [6, 6.07) is 14.2. The van der Waals surface area contributed by atoms with E-state index in [4.69, 9.17) is 0 Å².